The highest BCUT2D eigenvalue weighted by Crippen LogP contribution is 2.23. The van der Waals surface area contributed by atoms with E-state index in [1.54, 1.807) is 24.1 Å². The molecule has 0 aliphatic rings. The van der Waals surface area contributed by atoms with E-state index in [1.807, 2.05) is 12.1 Å². The smallest absolute Gasteiger partial charge is 0.168 e. The molecule has 1 aromatic carbocycles. The fourth-order valence-corrected chi connectivity index (χ4v) is 2.10. The summed E-state index contributed by atoms with van der Waals surface area (Å²) in [6.07, 6.45) is 0. The summed E-state index contributed by atoms with van der Waals surface area (Å²) in [6, 6.07) is 8.07. The summed E-state index contributed by atoms with van der Waals surface area (Å²) in [5.41, 5.74) is 0.913. The molecule has 2 rings (SSSR count). The summed E-state index contributed by atoms with van der Waals surface area (Å²) < 4.78 is 27.2. The predicted octanol–water partition coefficient (Wildman–Crippen LogP) is 3.69. The van der Waals surface area contributed by atoms with E-state index in [2.05, 4.69) is 10.3 Å². The minimum absolute atomic E-state index is 0.0133. The number of nitrogens with one attached hydrogen (secondary N) is 1. The van der Waals surface area contributed by atoms with Gasteiger partial charge in [-0.15, -0.1) is 0 Å². The molecule has 0 spiro atoms. The Hall–Kier alpha value is -1.88. The first-order chi connectivity index (χ1) is 9.51. The largest absolute Gasteiger partial charge is 0.371 e. The molecule has 0 bridgehead atoms. The average Bonchev–Trinajstić information content (AvgIpc) is 2.38. The summed E-state index contributed by atoms with van der Waals surface area (Å²) in [5.74, 6) is -1.33. The monoisotopic (exact) mass is 297 g/mol. The standard InChI is InChI=1S/C14H14ClF2N3/c1-18-13-11(16)7-12(17)14(19-13)20(2)8-9-4-3-5-10(15)6-9/h3-7H,8H2,1-2H3,(H,18,19). The van der Waals surface area contributed by atoms with Gasteiger partial charge in [-0.1, -0.05) is 23.7 Å². The SMILES string of the molecule is CNc1nc(N(C)Cc2cccc(Cl)c2)c(F)cc1F. The third-order valence-electron chi connectivity index (χ3n) is 2.82. The number of nitrogens with zero attached hydrogens (tertiary/aromatic N) is 2. The van der Waals surface area contributed by atoms with Gasteiger partial charge < -0.3 is 10.2 Å². The van der Waals surface area contributed by atoms with Gasteiger partial charge in [-0.3, -0.25) is 0 Å². The van der Waals surface area contributed by atoms with Crippen LogP contribution >= 0.6 is 11.6 Å². The van der Waals surface area contributed by atoms with Crippen LogP contribution in [-0.4, -0.2) is 19.1 Å². The van der Waals surface area contributed by atoms with Crippen LogP contribution in [0.5, 0.6) is 0 Å². The Labute approximate surface area is 121 Å². The molecule has 0 aliphatic carbocycles. The van der Waals surface area contributed by atoms with Crippen molar-refractivity contribution in [2.75, 3.05) is 24.3 Å². The number of halogens is 3. The van der Waals surface area contributed by atoms with Crippen LogP contribution in [0.4, 0.5) is 20.4 Å². The number of benzene rings is 1. The van der Waals surface area contributed by atoms with E-state index in [9.17, 15) is 8.78 Å². The lowest BCUT2D eigenvalue weighted by Gasteiger charge is -2.20. The summed E-state index contributed by atoms with van der Waals surface area (Å²) >= 11 is 5.91. The van der Waals surface area contributed by atoms with Gasteiger partial charge in [-0.25, -0.2) is 13.8 Å². The van der Waals surface area contributed by atoms with Gasteiger partial charge in [0, 0.05) is 31.7 Å². The van der Waals surface area contributed by atoms with E-state index in [0.717, 1.165) is 11.6 Å². The van der Waals surface area contributed by atoms with Crippen molar-refractivity contribution in [3.05, 3.63) is 52.6 Å². The molecular weight excluding hydrogens is 284 g/mol. The maximum atomic E-state index is 13.8. The van der Waals surface area contributed by atoms with E-state index in [0.29, 0.717) is 11.6 Å². The first kappa shape index (κ1) is 14.5. The molecular formula is C14H14ClF2N3. The lowest BCUT2D eigenvalue weighted by atomic mass is 10.2. The number of pyridine rings is 1. The number of hydrogen-bond acceptors (Lipinski definition) is 3. The van der Waals surface area contributed by atoms with Crippen molar-refractivity contribution in [2.24, 2.45) is 0 Å². The van der Waals surface area contributed by atoms with Gasteiger partial charge in [-0.2, -0.15) is 0 Å². The van der Waals surface area contributed by atoms with Gasteiger partial charge in [0.15, 0.2) is 23.3 Å². The van der Waals surface area contributed by atoms with Crippen molar-refractivity contribution in [1.82, 2.24) is 4.98 Å². The molecule has 2 aromatic rings. The normalized spacial score (nSPS) is 10.4. The van der Waals surface area contributed by atoms with Gasteiger partial charge in [0.1, 0.15) is 0 Å². The van der Waals surface area contributed by atoms with Crippen LogP contribution in [0.1, 0.15) is 5.56 Å². The van der Waals surface area contributed by atoms with Crippen LogP contribution in [0.25, 0.3) is 0 Å². The zero-order chi connectivity index (χ0) is 14.7. The Morgan fingerprint density at radius 3 is 2.65 bits per heavy atom. The maximum absolute atomic E-state index is 13.8. The molecule has 20 heavy (non-hydrogen) atoms. The quantitative estimate of drug-likeness (QED) is 0.933. The molecule has 0 radical (unpaired) electrons. The molecule has 0 atom stereocenters. The highest BCUT2D eigenvalue weighted by atomic mass is 35.5. The molecule has 0 saturated heterocycles. The average molecular weight is 298 g/mol. The number of rotatable bonds is 4. The van der Waals surface area contributed by atoms with E-state index in [1.165, 1.54) is 7.05 Å². The second-order valence-electron chi connectivity index (χ2n) is 4.36. The Balaban J connectivity index is 2.27. The highest BCUT2D eigenvalue weighted by Gasteiger charge is 2.14. The molecule has 6 heteroatoms. The molecule has 3 nitrogen and oxygen atoms in total. The van der Waals surface area contributed by atoms with Crippen LogP contribution in [0.15, 0.2) is 30.3 Å². The zero-order valence-electron chi connectivity index (χ0n) is 11.1. The van der Waals surface area contributed by atoms with Crippen LogP contribution < -0.4 is 10.2 Å². The molecule has 1 heterocycles. The van der Waals surface area contributed by atoms with E-state index >= 15 is 0 Å². The molecule has 0 amide bonds. The van der Waals surface area contributed by atoms with E-state index in [4.69, 9.17) is 11.6 Å². The van der Waals surface area contributed by atoms with Gasteiger partial charge in [0.05, 0.1) is 0 Å². The third-order valence-corrected chi connectivity index (χ3v) is 3.05. The van der Waals surface area contributed by atoms with Crippen molar-refractivity contribution in [3.63, 3.8) is 0 Å². The molecule has 0 fully saturated rings. The van der Waals surface area contributed by atoms with Crippen molar-refractivity contribution in [1.29, 1.82) is 0 Å². The van der Waals surface area contributed by atoms with Gasteiger partial charge in [0.25, 0.3) is 0 Å². The van der Waals surface area contributed by atoms with Crippen molar-refractivity contribution in [3.8, 4) is 0 Å². The first-order valence-electron chi connectivity index (χ1n) is 6.00. The van der Waals surface area contributed by atoms with Crippen LogP contribution in [0.2, 0.25) is 5.02 Å². The molecule has 0 saturated carbocycles. The molecule has 1 aromatic heterocycles. The maximum Gasteiger partial charge on any atom is 0.168 e. The second kappa shape index (κ2) is 6.05. The summed E-state index contributed by atoms with van der Waals surface area (Å²) in [5, 5.41) is 3.20. The van der Waals surface area contributed by atoms with Crippen molar-refractivity contribution >= 4 is 23.2 Å². The Bertz CT molecular complexity index is 619. The lowest BCUT2D eigenvalue weighted by molar-refractivity contribution is 0.573. The van der Waals surface area contributed by atoms with Gasteiger partial charge in [-0.05, 0) is 17.7 Å². The fourth-order valence-electron chi connectivity index (χ4n) is 1.88. The number of hydrogen-bond donors (Lipinski definition) is 1. The third kappa shape index (κ3) is 3.17. The van der Waals surface area contributed by atoms with Crippen LogP contribution in [0, 0.1) is 11.6 Å². The molecule has 0 aliphatic heterocycles. The van der Waals surface area contributed by atoms with E-state index < -0.39 is 11.6 Å². The fraction of sp³-hybridized carbons (Fsp3) is 0.214. The lowest BCUT2D eigenvalue weighted by Crippen LogP contribution is -2.20. The highest BCUT2D eigenvalue weighted by molar-refractivity contribution is 6.30. The summed E-state index contributed by atoms with van der Waals surface area (Å²) in [6.45, 7) is 0.416. The Morgan fingerprint density at radius 1 is 1.25 bits per heavy atom. The summed E-state index contributed by atoms with van der Waals surface area (Å²) in [4.78, 5) is 5.54. The number of aromatic nitrogens is 1. The first-order valence-corrected chi connectivity index (χ1v) is 6.38. The van der Waals surface area contributed by atoms with Crippen LogP contribution in [-0.2, 0) is 6.54 Å². The zero-order valence-corrected chi connectivity index (χ0v) is 11.9. The van der Waals surface area contributed by atoms with Crippen LogP contribution in [0.3, 0.4) is 0 Å². The minimum Gasteiger partial charge on any atom is -0.371 e. The molecule has 0 unspecified atom stereocenters. The molecule has 106 valence electrons. The molecule has 1 N–H and O–H groups in total. The second-order valence-corrected chi connectivity index (χ2v) is 4.80. The van der Waals surface area contributed by atoms with Gasteiger partial charge >= 0.3 is 0 Å². The van der Waals surface area contributed by atoms with Crippen molar-refractivity contribution in [2.45, 2.75) is 6.54 Å². The van der Waals surface area contributed by atoms with E-state index in [-0.39, 0.29) is 11.6 Å². The minimum atomic E-state index is -0.718. The van der Waals surface area contributed by atoms with Crippen molar-refractivity contribution < 1.29 is 8.78 Å². The predicted molar refractivity (Wildman–Crippen MR) is 77.3 cm³/mol. The van der Waals surface area contributed by atoms with Gasteiger partial charge in [0.2, 0.25) is 0 Å². The Kier molecular flexibility index (Phi) is 4.39. The number of anilines is 2. The summed E-state index contributed by atoms with van der Waals surface area (Å²) in [7, 11) is 3.22. The Morgan fingerprint density at radius 2 is 2.00 bits per heavy atom. The topological polar surface area (TPSA) is 28.2 Å².